The molecule has 0 fully saturated rings. The maximum absolute atomic E-state index is 7.33. The minimum atomic E-state index is -4.61. The van der Waals surface area contributed by atoms with Gasteiger partial charge in [-0.05, 0) is 11.0 Å². The van der Waals surface area contributed by atoms with E-state index in [1.165, 1.54) is 0 Å². The SMILES string of the molecule is O[Si](O)(O)O.[CaH2].[NaH].[SiH4]. The third kappa shape index (κ3) is 75.5. The molecule has 0 rings (SSSR count). The molecule has 0 aromatic heterocycles. The molecule has 0 aromatic rings. The van der Waals surface area contributed by atoms with Gasteiger partial charge in [0.25, 0.3) is 0 Å². The molecule has 0 atom stereocenters. The van der Waals surface area contributed by atoms with Gasteiger partial charge in [0.05, 0.1) is 0 Å². The number of rotatable bonds is 0. The molecule has 0 saturated carbocycles. The van der Waals surface area contributed by atoms with E-state index in [2.05, 4.69) is 0 Å². The van der Waals surface area contributed by atoms with Crippen LogP contribution in [0.5, 0.6) is 0 Å². The summed E-state index contributed by atoms with van der Waals surface area (Å²) < 4.78 is 0. The first-order valence-corrected chi connectivity index (χ1v) is 2.68. The molecule has 0 aliphatic rings. The van der Waals surface area contributed by atoms with Crippen LogP contribution in [-0.4, -0.2) is 106 Å². The second-order valence-electron chi connectivity index (χ2n) is 0.600. The Labute approximate surface area is 105 Å². The first-order valence-electron chi connectivity index (χ1n) is 0.894. The summed E-state index contributed by atoms with van der Waals surface area (Å²) in [5.41, 5.74) is 0. The summed E-state index contributed by atoms with van der Waals surface area (Å²) in [4.78, 5) is 29.3. The van der Waals surface area contributed by atoms with Crippen molar-refractivity contribution in [3.63, 3.8) is 0 Å². The summed E-state index contributed by atoms with van der Waals surface area (Å²) in [6.07, 6.45) is 0. The molecule has 0 radical (unpaired) electrons. The third-order valence-electron chi connectivity index (χ3n) is 0. The van der Waals surface area contributed by atoms with Crippen LogP contribution in [0.4, 0.5) is 0 Å². The maximum Gasteiger partial charge on any atom is -0.0149 e. The Bertz CT molecular complexity index is 29.5. The van der Waals surface area contributed by atoms with Crippen molar-refractivity contribution < 1.29 is 19.2 Å². The Balaban J connectivity index is -0.0000000267. The summed E-state index contributed by atoms with van der Waals surface area (Å²) in [7, 11) is -4.61. The van der Waals surface area contributed by atoms with E-state index in [4.69, 9.17) is 19.2 Å². The van der Waals surface area contributed by atoms with Gasteiger partial charge in [0.1, 0.15) is 0 Å². The van der Waals surface area contributed by atoms with E-state index in [1.807, 2.05) is 0 Å². The molecule has 4 N–H and O–H groups in total. The zero-order valence-corrected chi connectivity index (χ0v) is 3.29. The van der Waals surface area contributed by atoms with Crippen LogP contribution < -0.4 is 0 Å². The van der Waals surface area contributed by atoms with Crippen molar-refractivity contribution in [2.75, 3.05) is 0 Å². The van der Waals surface area contributed by atoms with Crippen molar-refractivity contribution in [3.05, 3.63) is 0 Å². The zero-order chi connectivity index (χ0) is 4.50. The van der Waals surface area contributed by atoms with Crippen LogP contribution in [0.25, 0.3) is 0 Å². The summed E-state index contributed by atoms with van der Waals surface area (Å²) in [5, 5.41) is 0. The van der Waals surface area contributed by atoms with Gasteiger partial charge >= 0.3 is 76.3 Å². The Kier molecular flexibility index (Phi) is 26.7. The van der Waals surface area contributed by atoms with Crippen LogP contribution in [0.2, 0.25) is 0 Å². The van der Waals surface area contributed by atoms with Crippen LogP contribution in [0.15, 0.2) is 0 Å². The molecule has 0 aliphatic carbocycles. The van der Waals surface area contributed by atoms with E-state index in [0.717, 1.165) is 0 Å². The van der Waals surface area contributed by atoms with Crippen molar-refractivity contribution in [1.82, 2.24) is 0 Å². The van der Waals surface area contributed by atoms with E-state index in [1.54, 1.807) is 0 Å². The molecule has 8 heteroatoms. The molecule has 4 nitrogen and oxygen atoms in total. The van der Waals surface area contributed by atoms with Gasteiger partial charge in [-0.3, -0.25) is 0 Å². The fourth-order valence-electron chi connectivity index (χ4n) is 0. The van der Waals surface area contributed by atoms with Crippen LogP contribution in [0.3, 0.4) is 0 Å². The van der Waals surface area contributed by atoms with Gasteiger partial charge in [0.15, 0.2) is 0 Å². The largest absolute Gasteiger partial charge is 0.0149 e. The van der Waals surface area contributed by atoms with Crippen LogP contribution >= 0.6 is 0 Å². The smallest absolute Gasteiger partial charge is 0.0149 e. The van der Waals surface area contributed by atoms with Gasteiger partial charge in [-0.15, -0.1) is 0 Å². The summed E-state index contributed by atoms with van der Waals surface area (Å²) in [6.45, 7) is 0. The Morgan fingerprint density at radius 1 is 0.875 bits per heavy atom. The van der Waals surface area contributed by atoms with Crippen molar-refractivity contribution in [2.24, 2.45) is 0 Å². The quantitative estimate of drug-likeness (QED) is 0.290. The molecular formula is H11CaNaO4Si2. The monoisotopic (exact) mass is 194 g/mol. The molecule has 8 heavy (non-hydrogen) atoms. The molecule has 46 valence electrons. The summed E-state index contributed by atoms with van der Waals surface area (Å²) in [5.74, 6) is 0. The topological polar surface area (TPSA) is 80.9 Å². The molecule has 0 spiro atoms. The number of hydrogen-bond acceptors (Lipinski definition) is 4. The molecule has 0 aromatic carbocycles. The molecule has 0 bridgehead atoms. The molecule has 0 amide bonds. The molecule has 0 saturated heterocycles. The zero-order valence-electron chi connectivity index (χ0n) is 2.29. The van der Waals surface area contributed by atoms with Gasteiger partial charge < -0.3 is 19.2 Å². The molecular weight excluding hydrogens is 183 g/mol. The standard InChI is InChI=1S/Ca.Na.H4O4Si.H4Si.3H/c;;1-5(2,3)4;;;;/h;;1-4H;1H4;;;. The average Bonchev–Trinajstić information content (AvgIpc) is 0.722. The fraction of sp³-hybridized carbons (Fsp3) is 0. The van der Waals surface area contributed by atoms with Gasteiger partial charge in [0.2, 0.25) is 0 Å². The van der Waals surface area contributed by atoms with Crippen molar-refractivity contribution in [3.8, 4) is 0 Å². The second-order valence-corrected chi connectivity index (χ2v) is 1.80. The van der Waals surface area contributed by atoms with Gasteiger partial charge in [-0.25, -0.2) is 0 Å². The van der Waals surface area contributed by atoms with Crippen LogP contribution in [-0.2, 0) is 0 Å². The van der Waals surface area contributed by atoms with Crippen molar-refractivity contribution in [1.29, 1.82) is 0 Å². The van der Waals surface area contributed by atoms with Crippen molar-refractivity contribution >= 4 is 87.3 Å². The molecule has 0 aliphatic heterocycles. The predicted molar refractivity (Wildman–Crippen MR) is 41.7 cm³/mol. The first kappa shape index (κ1) is 22.4. The predicted octanol–water partition coefficient (Wildman–Crippen LogP) is -5.63. The van der Waals surface area contributed by atoms with Gasteiger partial charge in [-0.2, -0.15) is 0 Å². The average molecular weight is 194 g/mol. The summed E-state index contributed by atoms with van der Waals surface area (Å²) >= 11 is 0. The van der Waals surface area contributed by atoms with Crippen LogP contribution in [0.1, 0.15) is 0 Å². The van der Waals surface area contributed by atoms with E-state index in [-0.39, 0.29) is 78.3 Å². The van der Waals surface area contributed by atoms with E-state index in [9.17, 15) is 0 Å². The summed E-state index contributed by atoms with van der Waals surface area (Å²) in [6, 6.07) is 0. The number of hydrogen-bond donors (Lipinski definition) is 4. The minimum absolute atomic E-state index is 0. The molecule has 0 unspecified atom stereocenters. The fourth-order valence-corrected chi connectivity index (χ4v) is 0. The Morgan fingerprint density at radius 2 is 0.875 bits per heavy atom. The third-order valence-corrected chi connectivity index (χ3v) is 0. The Hall–Kier alpha value is 2.53. The van der Waals surface area contributed by atoms with Gasteiger partial charge in [0, 0.05) is 0 Å². The first-order chi connectivity index (χ1) is 2.00. The second kappa shape index (κ2) is 9.53. The van der Waals surface area contributed by atoms with E-state index >= 15 is 0 Å². The minimum Gasteiger partial charge on any atom is -0.0149 e. The molecule has 0 heterocycles. The van der Waals surface area contributed by atoms with Crippen molar-refractivity contribution in [2.45, 2.75) is 0 Å². The Morgan fingerprint density at radius 3 is 0.875 bits per heavy atom. The normalized spacial score (nSPS) is 7.50. The van der Waals surface area contributed by atoms with E-state index in [0.29, 0.717) is 0 Å². The maximum atomic E-state index is 7.33. The van der Waals surface area contributed by atoms with E-state index < -0.39 is 9.05 Å². The van der Waals surface area contributed by atoms with Gasteiger partial charge in [-0.1, -0.05) is 0 Å². The van der Waals surface area contributed by atoms with Crippen LogP contribution in [0, 0.1) is 0 Å².